The van der Waals surface area contributed by atoms with Crippen molar-refractivity contribution < 1.29 is 4.42 Å². The Labute approximate surface area is 252 Å². The largest absolute Gasteiger partial charge is 0.456 e. The molecular formula is C39H24N4O. The van der Waals surface area contributed by atoms with Gasteiger partial charge in [0, 0.05) is 32.7 Å². The average Bonchev–Trinajstić information content (AvgIpc) is 3.64. The number of hydrogen-bond acceptors (Lipinski definition) is 4. The first-order valence-corrected chi connectivity index (χ1v) is 14.6. The molecule has 0 saturated heterocycles. The Balaban J connectivity index is 1.25. The highest BCUT2D eigenvalue weighted by Crippen LogP contribution is 2.35. The van der Waals surface area contributed by atoms with Crippen LogP contribution in [0.25, 0.3) is 83.6 Å². The minimum Gasteiger partial charge on any atom is -0.456 e. The van der Waals surface area contributed by atoms with Gasteiger partial charge in [0.1, 0.15) is 11.2 Å². The zero-order valence-electron chi connectivity index (χ0n) is 23.6. The highest BCUT2D eigenvalue weighted by Gasteiger charge is 2.18. The second-order valence-electron chi connectivity index (χ2n) is 10.9. The second kappa shape index (κ2) is 9.75. The van der Waals surface area contributed by atoms with E-state index in [1.807, 2.05) is 54.6 Å². The number of furan rings is 1. The molecule has 6 aromatic carbocycles. The summed E-state index contributed by atoms with van der Waals surface area (Å²) < 4.78 is 8.21. The Morgan fingerprint density at radius 1 is 0.386 bits per heavy atom. The van der Waals surface area contributed by atoms with Gasteiger partial charge in [0.15, 0.2) is 11.6 Å². The van der Waals surface area contributed by atoms with E-state index in [-0.39, 0.29) is 0 Å². The SMILES string of the molecule is c1ccc(-c2nc(-c3cccc(-c4ccc5oc6ccccc6c5c4)c3)nc(-n3c4ccccc4c4ccccc43)n2)cc1. The number of hydrogen-bond donors (Lipinski definition) is 0. The lowest BCUT2D eigenvalue weighted by Gasteiger charge is -2.11. The van der Waals surface area contributed by atoms with Gasteiger partial charge in [-0.25, -0.2) is 4.98 Å². The van der Waals surface area contributed by atoms with E-state index in [1.165, 1.54) is 0 Å². The standard InChI is InChI=1S/C39H24N4O/c1-2-11-25(12-3-1)37-40-38(42-39(41-37)43-33-18-7-4-15-29(33)30-16-5-8-19-34(30)43)28-14-10-13-26(23-28)27-21-22-36-32(24-27)31-17-6-9-20-35(31)44-36/h1-24H. The molecule has 9 aromatic rings. The summed E-state index contributed by atoms with van der Waals surface area (Å²) in [7, 11) is 0. The first-order valence-electron chi connectivity index (χ1n) is 14.6. The van der Waals surface area contributed by atoms with Gasteiger partial charge < -0.3 is 4.42 Å². The Morgan fingerprint density at radius 2 is 0.955 bits per heavy atom. The molecule has 0 unspecified atom stereocenters. The van der Waals surface area contributed by atoms with E-state index in [0.717, 1.165) is 66.0 Å². The quantitative estimate of drug-likeness (QED) is 0.213. The van der Waals surface area contributed by atoms with Crippen molar-refractivity contribution >= 4 is 43.7 Å². The van der Waals surface area contributed by atoms with Crippen molar-refractivity contribution in [2.75, 3.05) is 0 Å². The van der Waals surface area contributed by atoms with E-state index in [2.05, 4.69) is 95.6 Å². The Bertz CT molecular complexity index is 2460. The van der Waals surface area contributed by atoms with Crippen molar-refractivity contribution in [1.29, 1.82) is 0 Å². The number of benzene rings is 6. The monoisotopic (exact) mass is 564 g/mol. The molecule has 0 fully saturated rings. The van der Waals surface area contributed by atoms with Crippen LogP contribution in [0.4, 0.5) is 0 Å². The van der Waals surface area contributed by atoms with Crippen molar-refractivity contribution in [2.24, 2.45) is 0 Å². The predicted octanol–water partition coefficient (Wildman–Crippen LogP) is 9.87. The summed E-state index contributed by atoms with van der Waals surface area (Å²) in [6.07, 6.45) is 0. The van der Waals surface area contributed by atoms with Crippen molar-refractivity contribution in [2.45, 2.75) is 0 Å². The summed E-state index contributed by atoms with van der Waals surface area (Å²) >= 11 is 0. The third-order valence-corrected chi connectivity index (χ3v) is 8.27. The fourth-order valence-corrected chi connectivity index (χ4v) is 6.19. The lowest BCUT2D eigenvalue weighted by Crippen LogP contribution is -2.06. The van der Waals surface area contributed by atoms with Crippen LogP contribution in [0.5, 0.6) is 0 Å². The smallest absolute Gasteiger partial charge is 0.238 e. The minimum absolute atomic E-state index is 0.586. The Hall–Kier alpha value is -6.07. The number of para-hydroxylation sites is 3. The molecule has 0 N–H and O–H groups in total. The van der Waals surface area contributed by atoms with Crippen molar-refractivity contribution in [3.8, 4) is 39.9 Å². The van der Waals surface area contributed by atoms with Gasteiger partial charge in [-0.2, -0.15) is 9.97 Å². The van der Waals surface area contributed by atoms with Crippen LogP contribution in [0.2, 0.25) is 0 Å². The average molecular weight is 565 g/mol. The summed E-state index contributed by atoms with van der Waals surface area (Å²) in [5.74, 6) is 1.83. The van der Waals surface area contributed by atoms with Gasteiger partial charge in [0.05, 0.1) is 11.0 Å². The van der Waals surface area contributed by atoms with E-state index in [1.54, 1.807) is 0 Å². The van der Waals surface area contributed by atoms with Gasteiger partial charge >= 0.3 is 0 Å². The summed E-state index contributed by atoms with van der Waals surface area (Å²) in [6, 6.07) is 49.8. The first-order chi connectivity index (χ1) is 21.8. The molecule has 44 heavy (non-hydrogen) atoms. The molecule has 0 bridgehead atoms. The Kier molecular flexibility index (Phi) is 5.43. The topological polar surface area (TPSA) is 56.7 Å². The van der Waals surface area contributed by atoms with Crippen molar-refractivity contribution in [1.82, 2.24) is 19.5 Å². The van der Waals surface area contributed by atoms with Gasteiger partial charge in [0.2, 0.25) is 5.95 Å². The minimum atomic E-state index is 0.586. The van der Waals surface area contributed by atoms with Gasteiger partial charge in [-0.15, -0.1) is 0 Å². The number of rotatable bonds is 4. The highest BCUT2D eigenvalue weighted by atomic mass is 16.3. The molecule has 9 rings (SSSR count). The number of fused-ring (bicyclic) bond motifs is 6. The Morgan fingerprint density at radius 3 is 1.73 bits per heavy atom. The van der Waals surface area contributed by atoms with E-state index >= 15 is 0 Å². The van der Waals surface area contributed by atoms with Gasteiger partial charge in [-0.05, 0) is 47.5 Å². The zero-order valence-corrected chi connectivity index (χ0v) is 23.6. The van der Waals surface area contributed by atoms with Gasteiger partial charge in [0.25, 0.3) is 0 Å². The van der Waals surface area contributed by atoms with E-state index < -0.39 is 0 Å². The van der Waals surface area contributed by atoms with Crippen LogP contribution in [-0.2, 0) is 0 Å². The van der Waals surface area contributed by atoms with Crippen LogP contribution in [-0.4, -0.2) is 19.5 Å². The van der Waals surface area contributed by atoms with Crippen molar-refractivity contribution in [3.63, 3.8) is 0 Å². The molecule has 3 aromatic heterocycles. The molecule has 5 heteroatoms. The molecule has 0 spiro atoms. The van der Waals surface area contributed by atoms with Crippen LogP contribution < -0.4 is 0 Å². The maximum absolute atomic E-state index is 6.07. The first kappa shape index (κ1) is 24.5. The van der Waals surface area contributed by atoms with Crippen LogP contribution in [0.15, 0.2) is 150 Å². The van der Waals surface area contributed by atoms with Crippen LogP contribution in [0.1, 0.15) is 0 Å². The van der Waals surface area contributed by atoms with Gasteiger partial charge in [-0.3, -0.25) is 4.57 Å². The van der Waals surface area contributed by atoms with Crippen LogP contribution in [0, 0.1) is 0 Å². The molecule has 3 heterocycles. The van der Waals surface area contributed by atoms with Crippen LogP contribution >= 0.6 is 0 Å². The maximum atomic E-state index is 6.07. The number of aromatic nitrogens is 4. The van der Waals surface area contributed by atoms with Crippen LogP contribution in [0.3, 0.4) is 0 Å². The molecule has 0 aliphatic rings. The summed E-state index contributed by atoms with van der Waals surface area (Å²) in [5, 5.41) is 4.54. The lowest BCUT2D eigenvalue weighted by molar-refractivity contribution is 0.669. The highest BCUT2D eigenvalue weighted by molar-refractivity contribution is 6.09. The molecule has 0 atom stereocenters. The normalized spacial score (nSPS) is 11.6. The third-order valence-electron chi connectivity index (χ3n) is 8.27. The molecule has 0 aliphatic carbocycles. The maximum Gasteiger partial charge on any atom is 0.238 e. The summed E-state index contributed by atoms with van der Waals surface area (Å²) in [5.41, 5.74) is 7.92. The lowest BCUT2D eigenvalue weighted by atomic mass is 10.0. The fraction of sp³-hybridized carbons (Fsp3) is 0. The molecule has 0 radical (unpaired) electrons. The molecule has 0 aliphatic heterocycles. The number of nitrogens with zero attached hydrogens (tertiary/aromatic N) is 4. The van der Waals surface area contributed by atoms with E-state index in [9.17, 15) is 0 Å². The van der Waals surface area contributed by atoms with Gasteiger partial charge in [-0.1, -0.05) is 109 Å². The summed E-state index contributed by atoms with van der Waals surface area (Å²) in [6.45, 7) is 0. The third kappa shape index (κ3) is 3.91. The molecular weight excluding hydrogens is 540 g/mol. The predicted molar refractivity (Wildman–Crippen MR) is 178 cm³/mol. The van der Waals surface area contributed by atoms with E-state index in [0.29, 0.717) is 17.6 Å². The molecule has 0 saturated carbocycles. The molecule has 5 nitrogen and oxygen atoms in total. The fourth-order valence-electron chi connectivity index (χ4n) is 6.19. The zero-order chi connectivity index (χ0) is 29.0. The molecule has 0 amide bonds. The molecule has 206 valence electrons. The summed E-state index contributed by atoms with van der Waals surface area (Å²) in [4.78, 5) is 15.2. The second-order valence-corrected chi connectivity index (χ2v) is 10.9. The van der Waals surface area contributed by atoms with Crippen molar-refractivity contribution in [3.05, 3.63) is 146 Å². The van der Waals surface area contributed by atoms with E-state index in [4.69, 9.17) is 19.4 Å².